The van der Waals surface area contributed by atoms with Gasteiger partial charge in [-0.05, 0) is 41.3 Å². The van der Waals surface area contributed by atoms with Gasteiger partial charge in [0.25, 0.3) is 0 Å². The van der Waals surface area contributed by atoms with Gasteiger partial charge in [0, 0.05) is 18.0 Å². The predicted octanol–water partition coefficient (Wildman–Crippen LogP) is 4.11. The van der Waals surface area contributed by atoms with E-state index in [9.17, 15) is 9.18 Å². The van der Waals surface area contributed by atoms with Crippen LogP contribution in [-0.4, -0.2) is 12.6 Å². The van der Waals surface area contributed by atoms with Gasteiger partial charge in [-0.1, -0.05) is 18.2 Å². The SMILES string of the molecule is O=C(NCc1ccc(F)cc1)NCC(c1ccco1)c1cccs1. The van der Waals surface area contributed by atoms with Gasteiger partial charge < -0.3 is 15.1 Å². The van der Waals surface area contributed by atoms with E-state index in [1.807, 2.05) is 29.6 Å². The number of benzene rings is 1. The average Bonchev–Trinajstić information content (AvgIpc) is 3.29. The Balaban J connectivity index is 1.54. The molecule has 6 heteroatoms. The monoisotopic (exact) mass is 344 g/mol. The van der Waals surface area contributed by atoms with Crippen LogP contribution in [0.25, 0.3) is 0 Å². The third-order valence-electron chi connectivity index (χ3n) is 3.61. The molecule has 1 aromatic carbocycles. The van der Waals surface area contributed by atoms with Gasteiger partial charge in [-0.2, -0.15) is 0 Å². The minimum absolute atomic E-state index is 0.0171. The van der Waals surface area contributed by atoms with Crippen molar-refractivity contribution in [2.75, 3.05) is 6.54 Å². The van der Waals surface area contributed by atoms with Gasteiger partial charge in [-0.25, -0.2) is 9.18 Å². The molecule has 0 aliphatic heterocycles. The molecule has 2 N–H and O–H groups in total. The van der Waals surface area contributed by atoms with Crippen LogP contribution in [-0.2, 0) is 6.54 Å². The Morgan fingerprint density at radius 2 is 1.96 bits per heavy atom. The molecule has 4 nitrogen and oxygen atoms in total. The van der Waals surface area contributed by atoms with Crippen molar-refractivity contribution in [1.82, 2.24) is 10.6 Å². The molecule has 124 valence electrons. The van der Waals surface area contributed by atoms with Crippen molar-refractivity contribution in [3.63, 3.8) is 0 Å². The maximum absolute atomic E-state index is 12.9. The Morgan fingerprint density at radius 3 is 2.62 bits per heavy atom. The number of hydrogen-bond acceptors (Lipinski definition) is 3. The summed E-state index contributed by atoms with van der Waals surface area (Å²) in [5.41, 5.74) is 0.840. The van der Waals surface area contributed by atoms with Crippen molar-refractivity contribution in [3.8, 4) is 0 Å². The third kappa shape index (κ3) is 4.23. The first kappa shape index (κ1) is 16.3. The fraction of sp³-hybridized carbons (Fsp3) is 0.167. The van der Waals surface area contributed by atoms with E-state index in [4.69, 9.17) is 4.42 Å². The van der Waals surface area contributed by atoms with Gasteiger partial charge in [-0.15, -0.1) is 11.3 Å². The van der Waals surface area contributed by atoms with Crippen molar-refractivity contribution in [2.45, 2.75) is 12.5 Å². The van der Waals surface area contributed by atoms with Crippen LogP contribution in [0.3, 0.4) is 0 Å². The summed E-state index contributed by atoms with van der Waals surface area (Å²) in [6.45, 7) is 0.778. The lowest BCUT2D eigenvalue weighted by Crippen LogP contribution is -2.37. The Bertz CT molecular complexity index is 721. The van der Waals surface area contributed by atoms with Crippen molar-refractivity contribution in [3.05, 3.63) is 82.2 Å². The van der Waals surface area contributed by atoms with Gasteiger partial charge in [0.15, 0.2) is 0 Å². The highest BCUT2D eigenvalue weighted by Gasteiger charge is 2.18. The number of nitrogens with one attached hydrogen (secondary N) is 2. The molecular formula is C18H17FN2O2S. The Labute approximate surface area is 143 Å². The molecule has 0 aliphatic carbocycles. The van der Waals surface area contributed by atoms with Crippen LogP contribution in [0.1, 0.15) is 22.1 Å². The summed E-state index contributed by atoms with van der Waals surface area (Å²) in [5, 5.41) is 7.63. The largest absolute Gasteiger partial charge is 0.469 e. The van der Waals surface area contributed by atoms with Crippen LogP contribution in [0.2, 0.25) is 0 Å². The van der Waals surface area contributed by atoms with Crippen LogP contribution >= 0.6 is 11.3 Å². The standard InChI is InChI=1S/C18H17FN2O2S/c19-14-7-5-13(6-8-14)11-20-18(22)21-12-15(16-3-1-9-23-16)17-4-2-10-24-17/h1-10,15H,11-12H2,(H2,20,21,22). The van der Waals surface area contributed by atoms with Crippen LogP contribution in [0, 0.1) is 5.82 Å². The van der Waals surface area contributed by atoms with Crippen LogP contribution < -0.4 is 10.6 Å². The van der Waals surface area contributed by atoms with Crippen molar-refractivity contribution in [2.24, 2.45) is 0 Å². The molecular weight excluding hydrogens is 327 g/mol. The van der Waals surface area contributed by atoms with E-state index >= 15 is 0 Å². The maximum Gasteiger partial charge on any atom is 0.315 e. The van der Waals surface area contributed by atoms with E-state index in [-0.39, 0.29) is 17.8 Å². The summed E-state index contributed by atoms with van der Waals surface area (Å²) in [4.78, 5) is 13.1. The molecule has 0 radical (unpaired) electrons. The zero-order valence-corrected chi connectivity index (χ0v) is 13.7. The highest BCUT2D eigenvalue weighted by atomic mass is 32.1. The lowest BCUT2D eigenvalue weighted by atomic mass is 10.1. The zero-order chi connectivity index (χ0) is 16.8. The number of carbonyl (C=O) groups excluding carboxylic acids is 1. The Morgan fingerprint density at radius 1 is 1.12 bits per heavy atom. The summed E-state index contributed by atoms with van der Waals surface area (Å²) in [5.74, 6) is 0.508. The lowest BCUT2D eigenvalue weighted by Gasteiger charge is -2.14. The molecule has 2 amide bonds. The molecule has 0 saturated heterocycles. The first-order valence-electron chi connectivity index (χ1n) is 7.55. The normalized spacial score (nSPS) is 11.9. The average molecular weight is 344 g/mol. The molecule has 3 rings (SSSR count). The van der Waals surface area contributed by atoms with Crippen LogP contribution in [0.15, 0.2) is 64.6 Å². The molecule has 1 atom stereocenters. The number of carbonyl (C=O) groups is 1. The second kappa shape index (κ2) is 7.79. The highest BCUT2D eigenvalue weighted by molar-refractivity contribution is 7.10. The van der Waals surface area contributed by atoms with E-state index < -0.39 is 0 Å². The number of urea groups is 1. The Hall–Kier alpha value is -2.60. The molecule has 24 heavy (non-hydrogen) atoms. The summed E-state index contributed by atoms with van der Waals surface area (Å²) < 4.78 is 18.3. The molecule has 1 unspecified atom stereocenters. The van der Waals surface area contributed by atoms with Gasteiger partial charge in [-0.3, -0.25) is 0 Å². The Kier molecular flexibility index (Phi) is 5.28. The molecule has 0 saturated carbocycles. The highest BCUT2D eigenvalue weighted by Crippen LogP contribution is 2.27. The lowest BCUT2D eigenvalue weighted by molar-refractivity contribution is 0.240. The maximum atomic E-state index is 12.9. The fourth-order valence-electron chi connectivity index (χ4n) is 2.36. The first-order chi connectivity index (χ1) is 11.7. The molecule has 2 heterocycles. The second-order valence-electron chi connectivity index (χ2n) is 5.27. The number of rotatable bonds is 6. The van der Waals surface area contributed by atoms with Gasteiger partial charge in [0.1, 0.15) is 11.6 Å². The second-order valence-corrected chi connectivity index (χ2v) is 6.25. The van der Waals surface area contributed by atoms with E-state index in [1.165, 1.54) is 12.1 Å². The topological polar surface area (TPSA) is 54.3 Å². The van der Waals surface area contributed by atoms with Gasteiger partial charge in [0.05, 0.1) is 12.2 Å². The number of thiophene rings is 1. The molecule has 0 aliphatic rings. The zero-order valence-electron chi connectivity index (χ0n) is 12.9. The van der Waals surface area contributed by atoms with Crippen molar-refractivity contribution < 1.29 is 13.6 Å². The summed E-state index contributed by atoms with van der Waals surface area (Å²) in [6, 6.07) is 13.5. The number of halogens is 1. The number of hydrogen-bond donors (Lipinski definition) is 2. The molecule has 2 aromatic heterocycles. The summed E-state index contributed by atoms with van der Waals surface area (Å²) in [6.07, 6.45) is 1.63. The molecule has 0 bridgehead atoms. The van der Waals surface area contributed by atoms with E-state index in [0.29, 0.717) is 13.1 Å². The molecule has 3 aromatic rings. The number of furan rings is 1. The van der Waals surface area contributed by atoms with E-state index in [2.05, 4.69) is 10.6 Å². The predicted molar refractivity (Wildman–Crippen MR) is 91.5 cm³/mol. The fourth-order valence-corrected chi connectivity index (χ4v) is 3.20. The van der Waals surface area contributed by atoms with Crippen LogP contribution in [0.4, 0.5) is 9.18 Å². The van der Waals surface area contributed by atoms with Crippen molar-refractivity contribution >= 4 is 17.4 Å². The smallest absolute Gasteiger partial charge is 0.315 e. The number of amides is 2. The quantitative estimate of drug-likeness (QED) is 0.707. The molecule has 0 fully saturated rings. The minimum Gasteiger partial charge on any atom is -0.469 e. The summed E-state index contributed by atoms with van der Waals surface area (Å²) in [7, 11) is 0. The third-order valence-corrected chi connectivity index (χ3v) is 4.59. The van der Waals surface area contributed by atoms with Crippen LogP contribution in [0.5, 0.6) is 0 Å². The van der Waals surface area contributed by atoms with E-state index in [0.717, 1.165) is 16.2 Å². The summed E-state index contributed by atoms with van der Waals surface area (Å²) >= 11 is 1.63. The molecule has 0 spiro atoms. The van der Waals surface area contributed by atoms with Crippen molar-refractivity contribution in [1.29, 1.82) is 0 Å². The van der Waals surface area contributed by atoms with Gasteiger partial charge >= 0.3 is 6.03 Å². The first-order valence-corrected chi connectivity index (χ1v) is 8.43. The minimum atomic E-state index is -0.291. The van der Waals surface area contributed by atoms with E-state index in [1.54, 1.807) is 29.7 Å². The van der Waals surface area contributed by atoms with Gasteiger partial charge in [0.2, 0.25) is 0 Å².